The number of aromatic amines is 1. The Morgan fingerprint density at radius 2 is 2.14 bits per heavy atom. The van der Waals surface area contributed by atoms with Crippen molar-refractivity contribution in [2.45, 2.75) is 33.7 Å². The van der Waals surface area contributed by atoms with Crippen LogP contribution in [0.15, 0.2) is 23.0 Å². The van der Waals surface area contributed by atoms with Crippen LogP contribution in [-0.4, -0.2) is 28.1 Å². The quantitative estimate of drug-likeness (QED) is 0.943. The maximum Gasteiger partial charge on any atom is 0.255 e. The summed E-state index contributed by atoms with van der Waals surface area (Å²) in [5.41, 5.74) is 4.04. The van der Waals surface area contributed by atoms with Crippen molar-refractivity contribution >= 4 is 0 Å². The largest absolute Gasteiger partial charge is 0.478 e. The summed E-state index contributed by atoms with van der Waals surface area (Å²) in [5.74, 6) is 1.59. The first-order valence-corrected chi connectivity index (χ1v) is 7.54. The van der Waals surface area contributed by atoms with E-state index in [1.807, 2.05) is 19.1 Å². The second-order valence-electron chi connectivity index (χ2n) is 5.85. The monoisotopic (exact) mass is 299 g/mol. The summed E-state index contributed by atoms with van der Waals surface area (Å²) in [5, 5.41) is 0. The number of ether oxygens (including phenoxy) is 1. The van der Waals surface area contributed by atoms with Gasteiger partial charge in [0.25, 0.3) is 5.56 Å². The Hall–Kier alpha value is -2.14. The molecule has 0 bridgehead atoms. The van der Waals surface area contributed by atoms with Crippen molar-refractivity contribution in [3.63, 3.8) is 0 Å². The van der Waals surface area contributed by atoms with Crippen LogP contribution >= 0.6 is 0 Å². The first-order chi connectivity index (χ1) is 10.5. The van der Waals surface area contributed by atoms with E-state index in [0.717, 1.165) is 35.5 Å². The predicted molar refractivity (Wildman–Crippen MR) is 85.1 cm³/mol. The number of H-pyrrole nitrogens is 1. The van der Waals surface area contributed by atoms with Gasteiger partial charge in [-0.2, -0.15) is 0 Å². The fraction of sp³-hybridized carbons (Fsp3) is 0.412. The van der Waals surface area contributed by atoms with Gasteiger partial charge in [-0.05, 0) is 38.0 Å². The highest BCUT2D eigenvalue weighted by Crippen LogP contribution is 2.21. The minimum Gasteiger partial charge on any atom is -0.478 e. The lowest BCUT2D eigenvalue weighted by Gasteiger charge is -2.27. The zero-order valence-corrected chi connectivity index (χ0v) is 13.3. The first-order valence-electron chi connectivity index (χ1n) is 7.54. The van der Waals surface area contributed by atoms with E-state index < -0.39 is 0 Å². The van der Waals surface area contributed by atoms with Crippen molar-refractivity contribution in [3.05, 3.63) is 56.8 Å². The fourth-order valence-corrected chi connectivity index (χ4v) is 2.76. The number of fused-ring (bicyclic) bond motifs is 1. The Kier molecular flexibility index (Phi) is 3.98. The summed E-state index contributed by atoms with van der Waals surface area (Å²) in [6.07, 6.45) is 0.788. The Balaban J connectivity index is 1.71. The van der Waals surface area contributed by atoms with Gasteiger partial charge in [0.2, 0.25) is 0 Å². The molecule has 0 saturated carbocycles. The molecule has 2 aromatic rings. The maximum absolute atomic E-state index is 12.0. The number of hydrogen-bond acceptors (Lipinski definition) is 4. The molecule has 0 spiro atoms. The number of benzene rings is 1. The summed E-state index contributed by atoms with van der Waals surface area (Å²) in [6, 6.07) is 6.06. The Morgan fingerprint density at radius 3 is 2.95 bits per heavy atom. The molecule has 22 heavy (non-hydrogen) atoms. The van der Waals surface area contributed by atoms with Crippen LogP contribution in [-0.2, 0) is 13.0 Å². The standard InChI is InChI=1S/C17H21N3O2/c1-11-5-4-6-16(12(11)2)22-10-20-8-7-15-14(9-20)17(21)19-13(3)18-15/h4-6H,7-10H2,1-3H3,(H,18,19,21). The van der Waals surface area contributed by atoms with Crippen LogP contribution in [0.3, 0.4) is 0 Å². The average molecular weight is 299 g/mol. The molecular formula is C17H21N3O2. The molecule has 0 fully saturated rings. The van der Waals surface area contributed by atoms with Crippen LogP contribution in [0.2, 0.25) is 0 Å². The third kappa shape index (κ3) is 2.90. The molecule has 5 nitrogen and oxygen atoms in total. The fourth-order valence-electron chi connectivity index (χ4n) is 2.76. The Morgan fingerprint density at radius 1 is 1.32 bits per heavy atom. The number of aromatic nitrogens is 2. The van der Waals surface area contributed by atoms with E-state index in [2.05, 4.69) is 34.8 Å². The SMILES string of the molecule is Cc1nc2c(c(=O)[nH]1)CN(COc1cccc(C)c1C)CC2. The third-order valence-corrected chi connectivity index (χ3v) is 4.22. The molecule has 1 aliphatic heterocycles. The number of rotatable bonds is 3. The van der Waals surface area contributed by atoms with Crippen LogP contribution in [0, 0.1) is 20.8 Å². The lowest BCUT2D eigenvalue weighted by atomic mass is 10.1. The molecule has 1 aromatic carbocycles. The molecule has 2 heterocycles. The maximum atomic E-state index is 12.0. The van der Waals surface area contributed by atoms with E-state index in [4.69, 9.17) is 4.74 Å². The average Bonchev–Trinajstić information content (AvgIpc) is 2.49. The molecule has 0 unspecified atom stereocenters. The molecule has 0 aliphatic carbocycles. The minimum absolute atomic E-state index is 0.0288. The summed E-state index contributed by atoms with van der Waals surface area (Å²) in [6.45, 7) is 7.88. The van der Waals surface area contributed by atoms with Crippen molar-refractivity contribution in [1.29, 1.82) is 0 Å². The van der Waals surface area contributed by atoms with E-state index in [-0.39, 0.29) is 5.56 Å². The van der Waals surface area contributed by atoms with Crippen LogP contribution in [0.5, 0.6) is 5.75 Å². The molecular weight excluding hydrogens is 278 g/mol. The highest BCUT2D eigenvalue weighted by atomic mass is 16.5. The summed E-state index contributed by atoms with van der Waals surface area (Å²) in [7, 11) is 0. The summed E-state index contributed by atoms with van der Waals surface area (Å²) < 4.78 is 5.93. The lowest BCUT2D eigenvalue weighted by molar-refractivity contribution is 0.112. The highest BCUT2D eigenvalue weighted by Gasteiger charge is 2.21. The van der Waals surface area contributed by atoms with Crippen LogP contribution in [0.1, 0.15) is 28.2 Å². The Labute approximate surface area is 130 Å². The van der Waals surface area contributed by atoms with Crippen LogP contribution in [0.4, 0.5) is 0 Å². The van der Waals surface area contributed by atoms with Crippen molar-refractivity contribution in [2.24, 2.45) is 0 Å². The molecule has 0 radical (unpaired) electrons. The van der Waals surface area contributed by atoms with Gasteiger partial charge < -0.3 is 9.72 Å². The molecule has 5 heteroatoms. The molecule has 1 aliphatic rings. The molecule has 1 N–H and O–H groups in total. The highest BCUT2D eigenvalue weighted by molar-refractivity contribution is 5.38. The normalized spacial score (nSPS) is 14.7. The first kappa shape index (κ1) is 14.8. The van der Waals surface area contributed by atoms with Crippen LogP contribution in [0.25, 0.3) is 0 Å². The van der Waals surface area contributed by atoms with Gasteiger partial charge in [-0.15, -0.1) is 0 Å². The number of hydrogen-bond donors (Lipinski definition) is 1. The predicted octanol–water partition coefficient (Wildman–Crippen LogP) is 2.09. The molecule has 3 rings (SSSR count). The molecule has 0 saturated heterocycles. The van der Waals surface area contributed by atoms with Gasteiger partial charge in [-0.1, -0.05) is 12.1 Å². The van der Waals surface area contributed by atoms with E-state index >= 15 is 0 Å². The van der Waals surface area contributed by atoms with Crippen molar-refractivity contribution in [1.82, 2.24) is 14.9 Å². The van der Waals surface area contributed by atoms with Crippen molar-refractivity contribution < 1.29 is 4.74 Å². The number of nitrogens with one attached hydrogen (secondary N) is 1. The second-order valence-corrected chi connectivity index (χ2v) is 5.85. The molecule has 116 valence electrons. The summed E-state index contributed by atoms with van der Waals surface area (Å²) >= 11 is 0. The molecule has 1 aromatic heterocycles. The topological polar surface area (TPSA) is 58.2 Å². The second kappa shape index (κ2) is 5.93. The minimum atomic E-state index is -0.0288. The van der Waals surface area contributed by atoms with Gasteiger partial charge in [0.05, 0.1) is 11.3 Å². The van der Waals surface area contributed by atoms with Crippen molar-refractivity contribution in [2.75, 3.05) is 13.3 Å². The molecule has 0 amide bonds. The van der Waals surface area contributed by atoms with E-state index in [9.17, 15) is 4.79 Å². The number of aryl methyl sites for hydroxylation is 2. The van der Waals surface area contributed by atoms with Gasteiger partial charge in [-0.3, -0.25) is 9.69 Å². The van der Waals surface area contributed by atoms with E-state index in [0.29, 0.717) is 19.1 Å². The third-order valence-electron chi connectivity index (χ3n) is 4.22. The lowest BCUT2D eigenvalue weighted by Crippen LogP contribution is -2.38. The van der Waals surface area contributed by atoms with Gasteiger partial charge in [-0.25, -0.2) is 4.98 Å². The van der Waals surface area contributed by atoms with Gasteiger partial charge in [0.15, 0.2) is 0 Å². The smallest absolute Gasteiger partial charge is 0.255 e. The zero-order chi connectivity index (χ0) is 15.7. The van der Waals surface area contributed by atoms with Crippen LogP contribution < -0.4 is 10.3 Å². The van der Waals surface area contributed by atoms with E-state index in [1.165, 1.54) is 5.56 Å². The van der Waals surface area contributed by atoms with Gasteiger partial charge in [0.1, 0.15) is 18.3 Å². The van der Waals surface area contributed by atoms with Gasteiger partial charge >= 0.3 is 0 Å². The Bertz CT molecular complexity index is 752. The number of nitrogens with zero attached hydrogens (tertiary/aromatic N) is 2. The van der Waals surface area contributed by atoms with Crippen molar-refractivity contribution in [3.8, 4) is 5.75 Å². The zero-order valence-electron chi connectivity index (χ0n) is 13.3. The summed E-state index contributed by atoms with van der Waals surface area (Å²) in [4.78, 5) is 21.4. The van der Waals surface area contributed by atoms with E-state index in [1.54, 1.807) is 0 Å². The van der Waals surface area contributed by atoms with Gasteiger partial charge in [0, 0.05) is 19.5 Å². The molecule has 0 atom stereocenters.